The van der Waals surface area contributed by atoms with Crippen molar-refractivity contribution >= 4 is 17.3 Å². The molecule has 1 fully saturated rings. The Morgan fingerprint density at radius 2 is 1.90 bits per heavy atom. The third-order valence-electron chi connectivity index (χ3n) is 5.28. The van der Waals surface area contributed by atoms with Crippen LogP contribution in [0.3, 0.4) is 0 Å². The first-order valence-corrected chi connectivity index (χ1v) is 10.2. The molecule has 0 unspecified atom stereocenters. The van der Waals surface area contributed by atoms with Crippen LogP contribution in [-0.2, 0) is 0 Å². The van der Waals surface area contributed by atoms with Gasteiger partial charge in [0.25, 0.3) is 0 Å². The van der Waals surface area contributed by atoms with Crippen molar-refractivity contribution in [3.63, 3.8) is 0 Å². The lowest BCUT2D eigenvalue weighted by atomic mass is 10.1. The second-order valence-electron chi connectivity index (χ2n) is 7.87. The van der Waals surface area contributed by atoms with E-state index in [1.165, 1.54) is 12.5 Å². The highest BCUT2D eigenvalue weighted by Crippen LogP contribution is 2.28. The summed E-state index contributed by atoms with van der Waals surface area (Å²) in [5.74, 6) is 0.218. The fourth-order valence-electron chi connectivity index (χ4n) is 3.64. The molecular weight excluding hydrogens is 367 g/mol. The van der Waals surface area contributed by atoms with Crippen LogP contribution in [0.1, 0.15) is 44.7 Å². The Morgan fingerprint density at radius 3 is 2.59 bits per heavy atom. The molecule has 152 valence electrons. The van der Waals surface area contributed by atoms with Gasteiger partial charge in [0.05, 0.1) is 17.6 Å². The number of benzene rings is 1. The molecule has 3 aromatic rings. The molecule has 2 aromatic heterocycles. The first-order valence-electron chi connectivity index (χ1n) is 10.2. The van der Waals surface area contributed by atoms with E-state index in [0.717, 1.165) is 42.8 Å². The lowest BCUT2D eigenvalue weighted by molar-refractivity contribution is 0.532. The quantitative estimate of drug-likeness (QED) is 0.652. The fourth-order valence-corrected chi connectivity index (χ4v) is 3.64. The molecule has 1 aliphatic heterocycles. The number of aryl methyl sites for hydroxylation is 1. The van der Waals surface area contributed by atoms with Gasteiger partial charge in [-0.2, -0.15) is 5.10 Å². The molecule has 0 atom stereocenters. The van der Waals surface area contributed by atoms with Gasteiger partial charge in [0.1, 0.15) is 5.82 Å². The van der Waals surface area contributed by atoms with Gasteiger partial charge in [-0.1, -0.05) is 0 Å². The minimum atomic E-state index is -0.220. The average Bonchev–Trinajstić information content (AvgIpc) is 3.21. The van der Waals surface area contributed by atoms with Crippen molar-refractivity contribution in [3.8, 4) is 11.3 Å². The van der Waals surface area contributed by atoms with E-state index >= 15 is 0 Å². The molecule has 1 aromatic carbocycles. The number of hydrogen-bond acceptors (Lipinski definition) is 5. The molecule has 29 heavy (non-hydrogen) atoms. The third-order valence-corrected chi connectivity index (χ3v) is 5.28. The Morgan fingerprint density at radius 1 is 1.10 bits per heavy atom. The molecule has 6 nitrogen and oxygen atoms in total. The lowest BCUT2D eigenvalue weighted by Crippen LogP contribution is -2.30. The second kappa shape index (κ2) is 8.19. The van der Waals surface area contributed by atoms with Gasteiger partial charge in [-0.25, -0.2) is 14.4 Å². The van der Waals surface area contributed by atoms with Gasteiger partial charge in [0.15, 0.2) is 0 Å². The maximum Gasteiger partial charge on any atom is 0.227 e. The number of halogens is 1. The zero-order valence-electron chi connectivity index (χ0n) is 17.2. The van der Waals surface area contributed by atoms with Crippen LogP contribution in [-0.4, -0.2) is 32.8 Å². The number of piperidine rings is 1. The van der Waals surface area contributed by atoms with Gasteiger partial charge in [0, 0.05) is 42.8 Å². The lowest BCUT2D eigenvalue weighted by Gasteiger charge is -2.29. The van der Waals surface area contributed by atoms with Crippen LogP contribution in [0.4, 0.5) is 21.7 Å². The second-order valence-corrected chi connectivity index (χ2v) is 7.87. The summed E-state index contributed by atoms with van der Waals surface area (Å²) in [5.41, 5.74) is 4.02. The molecule has 3 heterocycles. The smallest absolute Gasteiger partial charge is 0.227 e. The summed E-state index contributed by atoms with van der Waals surface area (Å²) in [4.78, 5) is 11.1. The van der Waals surface area contributed by atoms with E-state index < -0.39 is 0 Å². The van der Waals surface area contributed by atoms with E-state index in [2.05, 4.69) is 39.1 Å². The van der Waals surface area contributed by atoms with Gasteiger partial charge in [0.2, 0.25) is 5.95 Å². The molecule has 0 radical (unpaired) electrons. The Kier molecular flexibility index (Phi) is 5.47. The summed E-state index contributed by atoms with van der Waals surface area (Å²) in [5, 5.41) is 7.53. The van der Waals surface area contributed by atoms with Gasteiger partial charge in [-0.15, -0.1) is 0 Å². The Hall–Kier alpha value is -2.96. The van der Waals surface area contributed by atoms with Crippen LogP contribution in [0.25, 0.3) is 11.3 Å². The number of nitrogens with one attached hydrogen (secondary N) is 1. The summed E-state index contributed by atoms with van der Waals surface area (Å²) in [7, 11) is 0. The zero-order valence-corrected chi connectivity index (χ0v) is 17.2. The van der Waals surface area contributed by atoms with Crippen LogP contribution < -0.4 is 10.2 Å². The van der Waals surface area contributed by atoms with E-state index in [0.29, 0.717) is 17.3 Å². The van der Waals surface area contributed by atoms with Crippen molar-refractivity contribution < 1.29 is 4.39 Å². The predicted octanol–water partition coefficient (Wildman–Crippen LogP) is 5.10. The van der Waals surface area contributed by atoms with E-state index in [1.807, 2.05) is 36.1 Å². The molecule has 4 rings (SSSR count). The molecule has 7 heteroatoms. The van der Waals surface area contributed by atoms with Gasteiger partial charge in [-0.05, 0) is 63.8 Å². The number of anilines is 3. The minimum absolute atomic E-state index is 0.220. The van der Waals surface area contributed by atoms with E-state index in [-0.39, 0.29) is 11.9 Å². The first kappa shape index (κ1) is 19.4. The Balaban J connectivity index is 1.55. The topological polar surface area (TPSA) is 58.9 Å². The largest absolute Gasteiger partial charge is 0.369 e. The predicted molar refractivity (Wildman–Crippen MR) is 114 cm³/mol. The minimum Gasteiger partial charge on any atom is -0.369 e. The Labute approximate surface area is 170 Å². The summed E-state index contributed by atoms with van der Waals surface area (Å²) < 4.78 is 16.6. The van der Waals surface area contributed by atoms with Crippen molar-refractivity contribution in [3.05, 3.63) is 48.2 Å². The average molecular weight is 394 g/mol. The van der Waals surface area contributed by atoms with E-state index in [1.54, 1.807) is 6.20 Å². The third kappa shape index (κ3) is 4.23. The van der Waals surface area contributed by atoms with Crippen LogP contribution in [0, 0.1) is 12.7 Å². The van der Waals surface area contributed by atoms with Gasteiger partial charge < -0.3 is 10.2 Å². The van der Waals surface area contributed by atoms with E-state index in [9.17, 15) is 4.39 Å². The molecule has 0 bridgehead atoms. The normalized spacial score (nSPS) is 14.4. The first-order chi connectivity index (χ1) is 14.0. The molecular formula is C22H27FN6. The van der Waals surface area contributed by atoms with E-state index in [4.69, 9.17) is 0 Å². The van der Waals surface area contributed by atoms with Gasteiger partial charge in [-0.3, -0.25) is 4.68 Å². The van der Waals surface area contributed by atoms with Crippen LogP contribution in [0.15, 0.2) is 36.8 Å². The molecule has 1 aliphatic rings. The summed E-state index contributed by atoms with van der Waals surface area (Å²) in [6.45, 7) is 7.96. The highest BCUT2D eigenvalue weighted by Gasteiger charge is 2.16. The number of nitrogens with zero attached hydrogens (tertiary/aromatic N) is 5. The van der Waals surface area contributed by atoms with Crippen molar-refractivity contribution in [2.45, 2.75) is 46.1 Å². The molecule has 1 saturated heterocycles. The zero-order chi connectivity index (χ0) is 20.4. The summed E-state index contributed by atoms with van der Waals surface area (Å²) in [6.07, 6.45) is 9.03. The van der Waals surface area contributed by atoms with Crippen LogP contribution >= 0.6 is 0 Å². The Bertz CT molecular complexity index is 991. The molecule has 0 amide bonds. The highest BCUT2D eigenvalue weighted by atomic mass is 19.1. The van der Waals surface area contributed by atoms with Crippen LogP contribution in [0.5, 0.6) is 0 Å². The summed E-state index contributed by atoms with van der Waals surface area (Å²) in [6, 6.07) is 5.52. The highest BCUT2D eigenvalue weighted by molar-refractivity contribution is 5.65. The molecule has 0 saturated carbocycles. The monoisotopic (exact) mass is 394 g/mol. The van der Waals surface area contributed by atoms with Crippen molar-refractivity contribution in [1.29, 1.82) is 0 Å². The van der Waals surface area contributed by atoms with Crippen LogP contribution in [0.2, 0.25) is 0 Å². The standard InChI is InChI=1S/C22H27FN6/c1-15(2)29-14-17(13-25-29)21-16(3)12-24-22(27-21)26-18-7-8-20(19(23)11-18)28-9-5-4-6-10-28/h7-8,11-15H,4-6,9-10H2,1-3H3,(H,24,26,27). The SMILES string of the molecule is Cc1cnc(Nc2ccc(N3CCCCC3)c(F)c2)nc1-c1cnn(C(C)C)c1. The number of aromatic nitrogens is 4. The van der Waals surface area contributed by atoms with Crippen molar-refractivity contribution in [2.24, 2.45) is 0 Å². The molecule has 0 aliphatic carbocycles. The van der Waals surface area contributed by atoms with Crippen molar-refractivity contribution in [2.75, 3.05) is 23.3 Å². The maximum absolute atomic E-state index is 14.7. The maximum atomic E-state index is 14.7. The number of hydrogen-bond donors (Lipinski definition) is 1. The molecule has 1 N–H and O–H groups in total. The molecule has 0 spiro atoms. The van der Waals surface area contributed by atoms with Gasteiger partial charge >= 0.3 is 0 Å². The van der Waals surface area contributed by atoms with Crippen molar-refractivity contribution in [1.82, 2.24) is 19.7 Å². The fraction of sp³-hybridized carbons (Fsp3) is 0.409. The number of rotatable bonds is 5. The summed E-state index contributed by atoms with van der Waals surface area (Å²) >= 11 is 0.